The van der Waals surface area contributed by atoms with E-state index in [0.29, 0.717) is 6.54 Å². The van der Waals surface area contributed by atoms with Crippen LogP contribution in [0.5, 0.6) is 0 Å². The number of fused-ring (bicyclic) bond motifs is 1. The van der Waals surface area contributed by atoms with Crippen molar-refractivity contribution in [2.24, 2.45) is 5.92 Å². The number of nitrogens with one attached hydrogen (secondary N) is 1. The monoisotopic (exact) mass is 326 g/mol. The van der Waals surface area contributed by atoms with Gasteiger partial charge in [-0.25, -0.2) is 4.79 Å². The lowest BCUT2D eigenvalue weighted by atomic mass is 9.93. The Kier molecular flexibility index (Phi) is 5.05. The molecule has 0 spiro atoms. The van der Waals surface area contributed by atoms with E-state index in [4.69, 9.17) is 0 Å². The number of urea groups is 1. The van der Waals surface area contributed by atoms with E-state index in [1.165, 1.54) is 10.8 Å². The summed E-state index contributed by atoms with van der Waals surface area (Å²) >= 11 is 0. The highest BCUT2D eigenvalue weighted by molar-refractivity contribution is 5.86. The summed E-state index contributed by atoms with van der Waals surface area (Å²) in [6, 6.07) is 14.3. The highest BCUT2D eigenvalue weighted by Crippen LogP contribution is 2.25. The third-order valence-electron chi connectivity index (χ3n) is 5.06. The number of aliphatic hydroxyl groups excluding tert-OH is 1. The molecule has 1 aliphatic heterocycles. The number of piperidine rings is 1. The summed E-state index contributed by atoms with van der Waals surface area (Å²) in [5.41, 5.74) is 1.13. The Hall–Kier alpha value is -2.07. The van der Waals surface area contributed by atoms with E-state index in [0.717, 1.165) is 24.9 Å². The molecule has 0 bridgehead atoms. The van der Waals surface area contributed by atoms with Gasteiger partial charge in [0.25, 0.3) is 0 Å². The Labute approximate surface area is 143 Å². The second kappa shape index (κ2) is 7.22. The summed E-state index contributed by atoms with van der Waals surface area (Å²) in [7, 11) is 0. The first kappa shape index (κ1) is 16.8. The van der Waals surface area contributed by atoms with Gasteiger partial charge in [0.15, 0.2) is 0 Å². The van der Waals surface area contributed by atoms with Gasteiger partial charge in [-0.3, -0.25) is 0 Å². The largest absolute Gasteiger partial charge is 0.393 e. The van der Waals surface area contributed by atoms with Crippen LogP contribution in [0.2, 0.25) is 0 Å². The molecule has 0 saturated carbocycles. The molecule has 128 valence electrons. The fourth-order valence-electron chi connectivity index (χ4n) is 3.57. The first-order valence-electron chi connectivity index (χ1n) is 8.77. The van der Waals surface area contributed by atoms with Crippen molar-refractivity contribution < 1.29 is 9.90 Å². The highest BCUT2D eigenvalue weighted by atomic mass is 16.3. The van der Waals surface area contributed by atoms with Gasteiger partial charge < -0.3 is 15.3 Å². The zero-order valence-electron chi connectivity index (χ0n) is 14.4. The van der Waals surface area contributed by atoms with E-state index in [-0.39, 0.29) is 24.1 Å². The predicted molar refractivity (Wildman–Crippen MR) is 96.9 cm³/mol. The molecule has 0 aliphatic carbocycles. The summed E-state index contributed by atoms with van der Waals surface area (Å²) < 4.78 is 0. The normalized spacial score (nSPS) is 20.6. The van der Waals surface area contributed by atoms with Crippen LogP contribution in [0.3, 0.4) is 0 Å². The van der Waals surface area contributed by atoms with Gasteiger partial charge in [0.1, 0.15) is 0 Å². The van der Waals surface area contributed by atoms with E-state index >= 15 is 0 Å². The van der Waals surface area contributed by atoms with Crippen molar-refractivity contribution in [3.05, 3.63) is 48.0 Å². The number of carbonyl (C=O) groups is 1. The molecule has 2 amide bonds. The summed E-state index contributed by atoms with van der Waals surface area (Å²) in [4.78, 5) is 14.5. The summed E-state index contributed by atoms with van der Waals surface area (Å²) in [6.07, 6.45) is 1.57. The van der Waals surface area contributed by atoms with Gasteiger partial charge in [0.2, 0.25) is 0 Å². The minimum absolute atomic E-state index is 0.0409. The number of carbonyl (C=O) groups excluding carboxylic acids is 1. The molecule has 24 heavy (non-hydrogen) atoms. The fourth-order valence-corrected chi connectivity index (χ4v) is 3.57. The lowest BCUT2D eigenvalue weighted by Gasteiger charge is -2.35. The second-order valence-electron chi connectivity index (χ2n) is 6.83. The lowest BCUT2D eigenvalue weighted by Crippen LogP contribution is -2.47. The maximum atomic E-state index is 12.6. The van der Waals surface area contributed by atoms with Crippen LogP contribution in [0.1, 0.15) is 38.3 Å². The average Bonchev–Trinajstić information content (AvgIpc) is 2.61. The van der Waals surface area contributed by atoms with Crippen molar-refractivity contribution >= 4 is 16.8 Å². The molecule has 2 N–H and O–H groups in total. The smallest absolute Gasteiger partial charge is 0.317 e. The van der Waals surface area contributed by atoms with Gasteiger partial charge in [-0.1, -0.05) is 42.5 Å². The van der Waals surface area contributed by atoms with Gasteiger partial charge in [-0.05, 0) is 43.0 Å². The van der Waals surface area contributed by atoms with Gasteiger partial charge >= 0.3 is 6.03 Å². The van der Waals surface area contributed by atoms with Crippen LogP contribution in [-0.2, 0) is 0 Å². The topological polar surface area (TPSA) is 52.6 Å². The third-order valence-corrected chi connectivity index (χ3v) is 5.06. The number of nitrogens with zero attached hydrogens (tertiary/aromatic N) is 1. The van der Waals surface area contributed by atoms with Crippen LogP contribution in [0.15, 0.2) is 42.5 Å². The Morgan fingerprint density at radius 2 is 1.96 bits per heavy atom. The van der Waals surface area contributed by atoms with Crippen molar-refractivity contribution in [3.8, 4) is 0 Å². The predicted octanol–water partition coefficient (Wildman–Crippen LogP) is 3.70. The third kappa shape index (κ3) is 3.54. The van der Waals surface area contributed by atoms with Crippen LogP contribution in [0.4, 0.5) is 4.79 Å². The van der Waals surface area contributed by atoms with Crippen molar-refractivity contribution in [3.63, 3.8) is 0 Å². The number of aliphatic hydroxyl groups is 1. The summed E-state index contributed by atoms with van der Waals surface area (Å²) in [6.45, 7) is 5.23. The van der Waals surface area contributed by atoms with Crippen molar-refractivity contribution in [1.82, 2.24) is 10.2 Å². The Morgan fingerprint density at radius 1 is 1.21 bits per heavy atom. The van der Waals surface area contributed by atoms with Crippen molar-refractivity contribution in [1.29, 1.82) is 0 Å². The maximum Gasteiger partial charge on any atom is 0.317 e. The van der Waals surface area contributed by atoms with Crippen molar-refractivity contribution in [2.45, 2.75) is 38.8 Å². The molecule has 2 aromatic rings. The van der Waals surface area contributed by atoms with Gasteiger partial charge in [0, 0.05) is 19.0 Å². The molecular weight excluding hydrogens is 300 g/mol. The van der Waals surface area contributed by atoms with Crippen LogP contribution in [-0.4, -0.2) is 35.2 Å². The number of benzene rings is 2. The molecule has 4 nitrogen and oxygen atoms in total. The molecule has 1 aliphatic rings. The quantitative estimate of drug-likeness (QED) is 0.903. The molecule has 1 saturated heterocycles. The van der Waals surface area contributed by atoms with E-state index in [2.05, 4.69) is 29.6 Å². The van der Waals surface area contributed by atoms with Gasteiger partial charge in [0.05, 0.1) is 12.1 Å². The Morgan fingerprint density at radius 3 is 2.75 bits per heavy atom. The van der Waals surface area contributed by atoms with Crippen LogP contribution in [0.25, 0.3) is 10.8 Å². The van der Waals surface area contributed by atoms with E-state index in [9.17, 15) is 9.90 Å². The molecular formula is C20H26N2O2. The minimum Gasteiger partial charge on any atom is -0.393 e. The Bertz CT molecular complexity index is 708. The molecule has 0 radical (unpaired) electrons. The fraction of sp³-hybridized carbons (Fsp3) is 0.450. The highest BCUT2D eigenvalue weighted by Gasteiger charge is 2.27. The number of hydrogen-bond acceptors (Lipinski definition) is 2. The maximum absolute atomic E-state index is 12.6. The SMILES string of the molecule is CC(NC(=O)N1CCCC(C(C)O)C1)c1cccc2ccccc12. The molecule has 2 aromatic carbocycles. The molecule has 0 aromatic heterocycles. The molecule has 1 heterocycles. The molecule has 3 atom stereocenters. The van der Waals surface area contributed by atoms with Crippen LogP contribution >= 0.6 is 0 Å². The van der Waals surface area contributed by atoms with Crippen molar-refractivity contribution in [2.75, 3.05) is 13.1 Å². The second-order valence-corrected chi connectivity index (χ2v) is 6.83. The lowest BCUT2D eigenvalue weighted by molar-refractivity contribution is 0.0734. The number of hydrogen-bond donors (Lipinski definition) is 2. The first-order chi connectivity index (χ1) is 11.6. The first-order valence-corrected chi connectivity index (χ1v) is 8.77. The molecule has 4 heteroatoms. The Balaban J connectivity index is 1.72. The van der Waals surface area contributed by atoms with Gasteiger partial charge in [-0.2, -0.15) is 0 Å². The van der Waals surface area contributed by atoms with Gasteiger partial charge in [-0.15, -0.1) is 0 Å². The van der Waals surface area contributed by atoms with Crippen LogP contribution in [0, 0.1) is 5.92 Å². The number of rotatable bonds is 3. The van der Waals surface area contributed by atoms with E-state index < -0.39 is 0 Å². The van der Waals surface area contributed by atoms with E-state index in [1.807, 2.05) is 36.9 Å². The summed E-state index contributed by atoms with van der Waals surface area (Å²) in [5.74, 6) is 0.178. The molecule has 3 rings (SSSR count). The molecule has 1 fully saturated rings. The minimum atomic E-state index is -0.365. The summed E-state index contributed by atoms with van der Waals surface area (Å²) in [5, 5.41) is 15.3. The zero-order chi connectivity index (χ0) is 17.1. The standard InChI is InChI=1S/C20H26N2O2/c1-14(18-11-5-8-16-7-3-4-10-19(16)18)21-20(24)22-12-6-9-17(13-22)15(2)23/h3-5,7-8,10-11,14-15,17,23H,6,9,12-13H2,1-2H3,(H,21,24). The van der Waals surface area contributed by atoms with Crippen LogP contribution < -0.4 is 5.32 Å². The average molecular weight is 326 g/mol. The number of likely N-dealkylation sites (tertiary alicyclic amines) is 1. The molecule has 3 unspecified atom stereocenters. The zero-order valence-corrected chi connectivity index (χ0v) is 14.4. The van der Waals surface area contributed by atoms with E-state index in [1.54, 1.807) is 0 Å². The number of amides is 2.